The number of nitrogens with two attached hydrogens (primary N) is 1. The molecule has 1 saturated heterocycles. The Labute approximate surface area is 129 Å². The van der Waals surface area contributed by atoms with Crippen LogP contribution in [0.5, 0.6) is 0 Å². The second-order valence-electron chi connectivity index (χ2n) is 5.58. The van der Waals surface area contributed by atoms with Crippen LogP contribution in [0.4, 0.5) is 4.79 Å². The van der Waals surface area contributed by atoms with Crippen molar-refractivity contribution in [2.75, 3.05) is 19.8 Å². The number of likely N-dealkylation sites (tertiary alicyclic amines) is 1. The van der Waals surface area contributed by atoms with Gasteiger partial charge >= 0.3 is 6.09 Å². The zero-order valence-electron chi connectivity index (χ0n) is 12.6. The molecule has 0 aliphatic carbocycles. The van der Waals surface area contributed by atoms with Gasteiger partial charge in [0.15, 0.2) is 0 Å². The number of aliphatic hydroxyl groups excluding tert-OH is 1. The predicted molar refractivity (Wildman–Crippen MR) is 80.8 cm³/mol. The van der Waals surface area contributed by atoms with E-state index in [2.05, 4.69) is 0 Å². The molecule has 1 aliphatic rings. The zero-order valence-corrected chi connectivity index (χ0v) is 12.6. The maximum absolute atomic E-state index is 12.6. The average Bonchev–Trinajstić information content (AvgIpc) is 2.84. The lowest BCUT2D eigenvalue weighted by Gasteiger charge is -2.25. The van der Waals surface area contributed by atoms with E-state index in [-0.39, 0.29) is 37.0 Å². The maximum atomic E-state index is 12.6. The molecule has 1 aromatic rings. The van der Waals surface area contributed by atoms with Crippen molar-refractivity contribution in [3.8, 4) is 0 Å². The van der Waals surface area contributed by atoms with Crippen molar-refractivity contribution in [3.05, 3.63) is 35.9 Å². The predicted octanol–water partition coefficient (Wildman–Crippen LogP) is 1.30. The Morgan fingerprint density at radius 1 is 1.45 bits per heavy atom. The molecule has 1 heterocycles. The molecule has 0 aromatic heterocycles. The van der Waals surface area contributed by atoms with Crippen molar-refractivity contribution in [3.63, 3.8) is 0 Å². The summed E-state index contributed by atoms with van der Waals surface area (Å²) in [6.45, 7) is 2.51. The van der Waals surface area contributed by atoms with E-state index in [0.29, 0.717) is 13.0 Å². The van der Waals surface area contributed by atoms with Crippen LogP contribution in [0, 0.1) is 11.8 Å². The van der Waals surface area contributed by atoms with Gasteiger partial charge in [-0.1, -0.05) is 30.3 Å². The fraction of sp³-hybridized carbons (Fsp3) is 0.500. The van der Waals surface area contributed by atoms with Crippen LogP contribution in [0.2, 0.25) is 0 Å². The van der Waals surface area contributed by atoms with Gasteiger partial charge in [0.2, 0.25) is 5.91 Å². The zero-order chi connectivity index (χ0) is 16.1. The van der Waals surface area contributed by atoms with Crippen molar-refractivity contribution in [1.29, 1.82) is 0 Å². The fourth-order valence-corrected chi connectivity index (χ4v) is 2.98. The Balaban J connectivity index is 2.05. The van der Waals surface area contributed by atoms with Crippen LogP contribution in [0.25, 0.3) is 0 Å². The van der Waals surface area contributed by atoms with Crippen LogP contribution in [-0.2, 0) is 9.53 Å². The first kappa shape index (κ1) is 16.3. The lowest BCUT2D eigenvalue weighted by Crippen LogP contribution is -2.30. The molecule has 1 fully saturated rings. The van der Waals surface area contributed by atoms with Gasteiger partial charge in [0.25, 0.3) is 0 Å². The van der Waals surface area contributed by atoms with Gasteiger partial charge in [0.05, 0.1) is 12.6 Å². The molecule has 3 atom stereocenters. The van der Waals surface area contributed by atoms with Crippen LogP contribution in [0.3, 0.4) is 0 Å². The van der Waals surface area contributed by atoms with Crippen LogP contribution in [0.1, 0.15) is 24.9 Å². The number of carbonyl (C=O) groups is 2. The minimum absolute atomic E-state index is 0.0107. The Hall–Kier alpha value is -2.08. The summed E-state index contributed by atoms with van der Waals surface area (Å²) in [5.41, 5.74) is 5.98. The van der Waals surface area contributed by atoms with Crippen LogP contribution in [-0.4, -0.2) is 41.8 Å². The van der Waals surface area contributed by atoms with Gasteiger partial charge in [-0.3, -0.25) is 4.79 Å². The van der Waals surface area contributed by atoms with Crippen LogP contribution < -0.4 is 5.73 Å². The summed E-state index contributed by atoms with van der Waals surface area (Å²) in [4.78, 5) is 25.0. The molecule has 6 nitrogen and oxygen atoms in total. The highest BCUT2D eigenvalue weighted by molar-refractivity contribution is 5.82. The van der Waals surface area contributed by atoms with E-state index in [0.717, 1.165) is 5.56 Å². The summed E-state index contributed by atoms with van der Waals surface area (Å²) in [7, 11) is 0. The SMILES string of the molecule is C[C@H](c1ccccc1)N1C[C@H](CO)[C@@H](CCOC(N)=O)C1=O. The van der Waals surface area contributed by atoms with E-state index in [1.54, 1.807) is 4.90 Å². The second kappa shape index (κ2) is 7.26. The second-order valence-corrected chi connectivity index (χ2v) is 5.58. The number of hydrogen-bond acceptors (Lipinski definition) is 4. The lowest BCUT2D eigenvalue weighted by molar-refractivity contribution is -0.133. The number of rotatable bonds is 6. The van der Waals surface area contributed by atoms with Crippen LogP contribution >= 0.6 is 0 Å². The van der Waals surface area contributed by atoms with Gasteiger partial charge in [-0.25, -0.2) is 4.79 Å². The number of primary amides is 1. The summed E-state index contributed by atoms with van der Waals surface area (Å²) in [6, 6.07) is 9.72. The minimum atomic E-state index is -0.847. The van der Waals surface area contributed by atoms with E-state index in [4.69, 9.17) is 10.5 Å². The van der Waals surface area contributed by atoms with Gasteiger partial charge < -0.3 is 20.5 Å². The largest absolute Gasteiger partial charge is 0.450 e. The molecule has 0 radical (unpaired) electrons. The molecule has 0 bridgehead atoms. The van der Waals surface area contributed by atoms with Gasteiger partial charge in [-0.2, -0.15) is 0 Å². The molecule has 0 spiro atoms. The van der Waals surface area contributed by atoms with E-state index in [9.17, 15) is 14.7 Å². The maximum Gasteiger partial charge on any atom is 0.404 e. The first-order valence-electron chi connectivity index (χ1n) is 7.43. The molecule has 1 aromatic carbocycles. The Morgan fingerprint density at radius 2 is 2.14 bits per heavy atom. The third-order valence-corrected chi connectivity index (χ3v) is 4.26. The number of benzene rings is 1. The molecule has 0 unspecified atom stereocenters. The summed E-state index contributed by atoms with van der Waals surface area (Å²) in [5.74, 6) is -0.492. The first-order valence-corrected chi connectivity index (χ1v) is 7.43. The Bertz CT molecular complexity index is 520. The molecule has 3 N–H and O–H groups in total. The van der Waals surface area contributed by atoms with Crippen molar-refractivity contribution < 1.29 is 19.4 Å². The summed E-state index contributed by atoms with van der Waals surface area (Å²) < 4.78 is 4.71. The summed E-state index contributed by atoms with van der Waals surface area (Å²) in [5, 5.41) is 9.52. The van der Waals surface area contributed by atoms with Gasteiger partial charge in [-0.05, 0) is 18.9 Å². The topological polar surface area (TPSA) is 92.9 Å². The van der Waals surface area contributed by atoms with Crippen molar-refractivity contribution in [1.82, 2.24) is 4.90 Å². The number of carbonyl (C=O) groups excluding carboxylic acids is 2. The van der Waals surface area contributed by atoms with Gasteiger partial charge in [0, 0.05) is 25.0 Å². The lowest BCUT2D eigenvalue weighted by atomic mass is 9.93. The average molecular weight is 306 g/mol. The molecular formula is C16H22N2O4. The quantitative estimate of drug-likeness (QED) is 0.828. The smallest absolute Gasteiger partial charge is 0.404 e. The van der Waals surface area contributed by atoms with Gasteiger partial charge in [-0.15, -0.1) is 0 Å². The van der Waals surface area contributed by atoms with E-state index in [1.165, 1.54) is 0 Å². The molecule has 2 amide bonds. The first-order chi connectivity index (χ1) is 10.5. The van der Waals surface area contributed by atoms with E-state index >= 15 is 0 Å². The monoisotopic (exact) mass is 306 g/mol. The molecule has 0 saturated carbocycles. The molecule has 1 aliphatic heterocycles. The number of nitrogens with zero attached hydrogens (tertiary/aromatic N) is 1. The fourth-order valence-electron chi connectivity index (χ4n) is 2.98. The molecule has 120 valence electrons. The molecule has 6 heteroatoms. The Morgan fingerprint density at radius 3 is 2.73 bits per heavy atom. The number of amides is 2. The van der Waals surface area contributed by atoms with Crippen molar-refractivity contribution >= 4 is 12.0 Å². The molecule has 2 rings (SSSR count). The van der Waals surface area contributed by atoms with Crippen molar-refractivity contribution in [2.45, 2.75) is 19.4 Å². The molecule has 22 heavy (non-hydrogen) atoms. The minimum Gasteiger partial charge on any atom is -0.450 e. The normalized spacial score (nSPS) is 22.6. The summed E-state index contributed by atoms with van der Waals surface area (Å²) >= 11 is 0. The number of aliphatic hydroxyl groups is 1. The van der Waals surface area contributed by atoms with E-state index in [1.807, 2.05) is 37.3 Å². The Kier molecular flexibility index (Phi) is 5.38. The summed E-state index contributed by atoms with van der Waals surface area (Å²) in [6.07, 6.45) is -0.467. The van der Waals surface area contributed by atoms with Crippen molar-refractivity contribution in [2.24, 2.45) is 17.6 Å². The third kappa shape index (κ3) is 3.57. The third-order valence-electron chi connectivity index (χ3n) is 4.26. The number of hydrogen-bond donors (Lipinski definition) is 2. The highest BCUT2D eigenvalue weighted by atomic mass is 16.5. The number of ether oxygens (including phenoxy) is 1. The van der Waals surface area contributed by atoms with E-state index < -0.39 is 6.09 Å². The highest BCUT2D eigenvalue weighted by Gasteiger charge is 2.41. The standard InChI is InChI=1S/C16H22N2O4/c1-11(12-5-3-2-4-6-12)18-9-13(10-19)14(15(18)20)7-8-22-16(17)21/h2-6,11,13-14,19H,7-10H2,1H3,(H2,17,21)/t11-,13-,14-/m1/s1. The highest BCUT2D eigenvalue weighted by Crippen LogP contribution is 2.33. The van der Waals surface area contributed by atoms with Gasteiger partial charge in [0.1, 0.15) is 0 Å². The van der Waals surface area contributed by atoms with Crippen LogP contribution in [0.15, 0.2) is 30.3 Å². The molecular weight excluding hydrogens is 284 g/mol.